The normalized spacial score (nSPS) is 10.1. The maximum Gasteiger partial charge on any atom is 0.253 e. The molecule has 82 valence electrons. The number of rotatable bonds is 3. The summed E-state index contributed by atoms with van der Waals surface area (Å²) in [7, 11) is 0. The van der Waals surface area contributed by atoms with Gasteiger partial charge >= 0.3 is 0 Å². The highest BCUT2D eigenvalue weighted by Gasteiger charge is 2.05. The van der Waals surface area contributed by atoms with Gasteiger partial charge in [-0.2, -0.15) is 0 Å². The number of nitrogens with one attached hydrogen (secondary N) is 1. The van der Waals surface area contributed by atoms with Crippen molar-refractivity contribution >= 4 is 17.2 Å². The Morgan fingerprint density at radius 2 is 2.38 bits per heavy atom. The molecule has 16 heavy (non-hydrogen) atoms. The van der Waals surface area contributed by atoms with Gasteiger partial charge in [0.05, 0.1) is 12.1 Å². The number of pyridine rings is 1. The molecule has 5 heteroatoms. The van der Waals surface area contributed by atoms with E-state index in [1.807, 2.05) is 6.92 Å². The van der Waals surface area contributed by atoms with Crippen molar-refractivity contribution in [3.8, 4) is 0 Å². The Kier molecular flexibility index (Phi) is 3.26. The molecule has 2 heterocycles. The van der Waals surface area contributed by atoms with E-state index in [1.165, 1.54) is 0 Å². The Bertz CT molecular complexity index is 481. The summed E-state index contributed by atoms with van der Waals surface area (Å²) in [5.74, 6) is -0.124. The largest absolute Gasteiger partial charge is 0.345 e. The maximum absolute atomic E-state index is 11.7. The molecule has 2 rings (SSSR count). The van der Waals surface area contributed by atoms with Gasteiger partial charge < -0.3 is 5.32 Å². The molecular formula is C11H11N3OS. The van der Waals surface area contributed by atoms with Crippen molar-refractivity contribution in [2.45, 2.75) is 13.5 Å². The van der Waals surface area contributed by atoms with E-state index in [-0.39, 0.29) is 5.91 Å². The Morgan fingerprint density at radius 1 is 1.50 bits per heavy atom. The van der Waals surface area contributed by atoms with Gasteiger partial charge in [-0.25, -0.2) is 4.98 Å². The van der Waals surface area contributed by atoms with Crippen LogP contribution < -0.4 is 5.32 Å². The number of nitrogens with zero attached hydrogens (tertiary/aromatic N) is 2. The molecule has 0 spiro atoms. The summed E-state index contributed by atoms with van der Waals surface area (Å²) < 4.78 is 0. The fourth-order valence-electron chi connectivity index (χ4n) is 1.24. The molecule has 2 aromatic rings. The lowest BCUT2D eigenvalue weighted by atomic mass is 10.3. The van der Waals surface area contributed by atoms with Crippen LogP contribution in [0.4, 0.5) is 0 Å². The summed E-state index contributed by atoms with van der Waals surface area (Å²) in [6.07, 6.45) is 4.99. The number of carbonyl (C=O) groups is 1. The first-order valence-corrected chi connectivity index (χ1v) is 5.67. The molecule has 0 unspecified atom stereocenters. The summed E-state index contributed by atoms with van der Waals surface area (Å²) in [6, 6.07) is 3.47. The smallest absolute Gasteiger partial charge is 0.253 e. The van der Waals surface area contributed by atoms with Crippen molar-refractivity contribution in [2.75, 3.05) is 0 Å². The molecule has 0 bridgehead atoms. The quantitative estimate of drug-likeness (QED) is 0.879. The molecule has 0 aromatic carbocycles. The minimum Gasteiger partial charge on any atom is -0.345 e. The van der Waals surface area contributed by atoms with Gasteiger partial charge in [0.15, 0.2) is 0 Å². The zero-order chi connectivity index (χ0) is 11.4. The molecule has 0 aliphatic heterocycles. The Balaban J connectivity index is 1.94. The highest BCUT2D eigenvalue weighted by molar-refractivity contribution is 7.11. The van der Waals surface area contributed by atoms with E-state index in [0.29, 0.717) is 12.1 Å². The standard InChI is InChI=1S/C11H11N3OS/c1-8-5-13-10(16-8)7-14-11(15)9-3-2-4-12-6-9/h2-6H,7H2,1H3,(H,14,15). The zero-order valence-electron chi connectivity index (χ0n) is 8.80. The minimum atomic E-state index is -0.124. The first kappa shape index (κ1) is 10.8. The third-order valence-corrected chi connectivity index (χ3v) is 2.91. The van der Waals surface area contributed by atoms with Gasteiger partial charge in [-0.15, -0.1) is 11.3 Å². The van der Waals surface area contributed by atoms with Gasteiger partial charge in [-0.05, 0) is 19.1 Å². The summed E-state index contributed by atoms with van der Waals surface area (Å²) in [6.45, 7) is 2.45. The topological polar surface area (TPSA) is 54.9 Å². The maximum atomic E-state index is 11.7. The lowest BCUT2D eigenvalue weighted by Gasteiger charge is -2.01. The average Bonchev–Trinajstić information content (AvgIpc) is 2.73. The van der Waals surface area contributed by atoms with Gasteiger partial charge in [0.1, 0.15) is 5.01 Å². The fourth-order valence-corrected chi connectivity index (χ4v) is 1.97. The van der Waals surface area contributed by atoms with Crippen molar-refractivity contribution in [1.29, 1.82) is 0 Å². The summed E-state index contributed by atoms with van der Waals surface area (Å²) in [4.78, 5) is 20.9. The van der Waals surface area contributed by atoms with Crippen LogP contribution in [0.25, 0.3) is 0 Å². The van der Waals surface area contributed by atoms with Gasteiger partial charge in [-0.3, -0.25) is 9.78 Å². The van der Waals surface area contributed by atoms with E-state index in [0.717, 1.165) is 9.88 Å². The van der Waals surface area contributed by atoms with Crippen LogP contribution in [0.5, 0.6) is 0 Å². The third kappa shape index (κ3) is 2.64. The Labute approximate surface area is 97.4 Å². The molecule has 0 atom stereocenters. The molecule has 0 aliphatic rings. The van der Waals surface area contributed by atoms with Crippen LogP contribution in [0.15, 0.2) is 30.7 Å². The number of hydrogen-bond donors (Lipinski definition) is 1. The molecule has 0 saturated heterocycles. The predicted molar refractivity (Wildman–Crippen MR) is 62.3 cm³/mol. The van der Waals surface area contributed by atoms with Crippen molar-refractivity contribution in [3.63, 3.8) is 0 Å². The second kappa shape index (κ2) is 4.85. The predicted octanol–water partition coefficient (Wildman–Crippen LogP) is 1.78. The average molecular weight is 233 g/mol. The van der Waals surface area contributed by atoms with E-state index < -0.39 is 0 Å². The molecule has 0 radical (unpaired) electrons. The second-order valence-corrected chi connectivity index (χ2v) is 4.61. The number of aryl methyl sites for hydroxylation is 1. The highest BCUT2D eigenvalue weighted by Crippen LogP contribution is 2.10. The van der Waals surface area contributed by atoms with E-state index in [1.54, 1.807) is 42.1 Å². The molecule has 0 fully saturated rings. The van der Waals surface area contributed by atoms with Gasteiger partial charge in [-0.1, -0.05) is 0 Å². The lowest BCUT2D eigenvalue weighted by Crippen LogP contribution is -2.22. The van der Waals surface area contributed by atoms with Crippen LogP contribution in [0, 0.1) is 6.92 Å². The Hall–Kier alpha value is -1.75. The van der Waals surface area contributed by atoms with Crippen molar-refractivity contribution < 1.29 is 4.79 Å². The lowest BCUT2D eigenvalue weighted by molar-refractivity contribution is 0.0950. The highest BCUT2D eigenvalue weighted by atomic mass is 32.1. The van der Waals surface area contributed by atoms with Crippen molar-refractivity contribution in [1.82, 2.24) is 15.3 Å². The van der Waals surface area contributed by atoms with Crippen LogP contribution in [0.1, 0.15) is 20.2 Å². The second-order valence-electron chi connectivity index (χ2n) is 3.29. The summed E-state index contributed by atoms with van der Waals surface area (Å²) >= 11 is 1.58. The molecular weight excluding hydrogens is 222 g/mol. The van der Waals surface area contributed by atoms with Crippen LogP contribution >= 0.6 is 11.3 Å². The Morgan fingerprint density at radius 3 is 3.00 bits per heavy atom. The molecule has 0 saturated carbocycles. The fraction of sp³-hybridized carbons (Fsp3) is 0.182. The number of hydrogen-bond acceptors (Lipinski definition) is 4. The monoisotopic (exact) mass is 233 g/mol. The molecule has 4 nitrogen and oxygen atoms in total. The van der Waals surface area contributed by atoms with Crippen molar-refractivity contribution in [2.24, 2.45) is 0 Å². The van der Waals surface area contributed by atoms with Crippen LogP contribution in [0.2, 0.25) is 0 Å². The molecule has 1 amide bonds. The zero-order valence-corrected chi connectivity index (χ0v) is 9.62. The first-order valence-electron chi connectivity index (χ1n) is 4.85. The van der Waals surface area contributed by atoms with Crippen LogP contribution in [-0.2, 0) is 6.54 Å². The minimum absolute atomic E-state index is 0.124. The summed E-state index contributed by atoms with van der Waals surface area (Å²) in [5, 5.41) is 3.71. The number of thiazole rings is 1. The van der Waals surface area contributed by atoms with E-state index in [9.17, 15) is 4.79 Å². The number of aromatic nitrogens is 2. The first-order chi connectivity index (χ1) is 7.75. The van der Waals surface area contributed by atoms with E-state index >= 15 is 0 Å². The van der Waals surface area contributed by atoms with E-state index in [2.05, 4.69) is 15.3 Å². The van der Waals surface area contributed by atoms with Gasteiger partial charge in [0, 0.05) is 23.5 Å². The summed E-state index contributed by atoms with van der Waals surface area (Å²) in [5.41, 5.74) is 0.566. The number of amides is 1. The molecule has 0 aliphatic carbocycles. The number of carbonyl (C=O) groups excluding carboxylic acids is 1. The van der Waals surface area contributed by atoms with Crippen LogP contribution in [-0.4, -0.2) is 15.9 Å². The van der Waals surface area contributed by atoms with Crippen LogP contribution in [0.3, 0.4) is 0 Å². The third-order valence-electron chi connectivity index (χ3n) is 1.99. The van der Waals surface area contributed by atoms with Gasteiger partial charge in [0.25, 0.3) is 5.91 Å². The molecule has 1 N–H and O–H groups in total. The van der Waals surface area contributed by atoms with Crippen molar-refractivity contribution in [3.05, 3.63) is 46.2 Å². The molecule has 2 aromatic heterocycles. The van der Waals surface area contributed by atoms with E-state index in [4.69, 9.17) is 0 Å². The van der Waals surface area contributed by atoms with Gasteiger partial charge in [0.2, 0.25) is 0 Å². The SMILES string of the molecule is Cc1cnc(CNC(=O)c2cccnc2)s1.